The number of hydrogen-bond donors (Lipinski definition) is 2. The lowest BCUT2D eigenvalue weighted by Gasteiger charge is -2.18. The smallest absolute Gasteiger partial charge is 0.251 e. The van der Waals surface area contributed by atoms with Crippen LogP contribution in [0, 0.1) is 0 Å². The molecule has 0 bridgehead atoms. The molecule has 3 aromatic carbocycles. The third-order valence-corrected chi connectivity index (χ3v) is 4.75. The predicted octanol–water partition coefficient (Wildman–Crippen LogP) is 4.36. The first-order valence-corrected chi connectivity index (χ1v) is 10.0. The van der Waals surface area contributed by atoms with Gasteiger partial charge in [0.2, 0.25) is 5.91 Å². The third kappa shape index (κ3) is 6.42. The van der Waals surface area contributed by atoms with Crippen LogP contribution in [0.15, 0.2) is 84.0 Å². The number of hydrazone groups is 1. The Kier molecular flexibility index (Phi) is 7.79. The number of rotatable bonds is 8. The second kappa shape index (κ2) is 10.9. The van der Waals surface area contributed by atoms with Crippen molar-refractivity contribution in [3.63, 3.8) is 0 Å². The second-order valence-electron chi connectivity index (χ2n) is 6.69. The first-order chi connectivity index (χ1) is 15.1. The molecular weight excluding hydrogens is 414 g/mol. The Morgan fingerprint density at radius 3 is 2.39 bits per heavy atom. The van der Waals surface area contributed by atoms with Gasteiger partial charge in [-0.05, 0) is 35.9 Å². The molecule has 0 saturated carbocycles. The minimum absolute atomic E-state index is 0.0204. The molecule has 0 radical (unpaired) electrons. The van der Waals surface area contributed by atoms with Crippen LogP contribution in [-0.2, 0) is 4.79 Å². The molecular formula is C24H22ClN3O3. The zero-order valence-corrected chi connectivity index (χ0v) is 17.7. The average Bonchev–Trinajstić information content (AvgIpc) is 2.80. The third-order valence-electron chi connectivity index (χ3n) is 4.52. The number of carbonyl (C=O) groups is 2. The summed E-state index contributed by atoms with van der Waals surface area (Å²) in [6.07, 6.45) is 1.48. The normalized spacial score (nSPS) is 11.7. The summed E-state index contributed by atoms with van der Waals surface area (Å²) in [5.74, 6) is -0.0198. The fourth-order valence-electron chi connectivity index (χ4n) is 2.98. The zero-order valence-electron chi connectivity index (χ0n) is 16.9. The van der Waals surface area contributed by atoms with Gasteiger partial charge >= 0.3 is 0 Å². The second-order valence-corrected chi connectivity index (χ2v) is 7.12. The van der Waals surface area contributed by atoms with Gasteiger partial charge in [0.15, 0.2) is 0 Å². The maximum atomic E-state index is 12.6. The molecule has 0 unspecified atom stereocenters. The molecule has 0 aliphatic rings. The lowest BCUT2D eigenvalue weighted by Crippen LogP contribution is -2.32. The van der Waals surface area contributed by atoms with Crippen molar-refractivity contribution in [1.29, 1.82) is 0 Å². The van der Waals surface area contributed by atoms with Crippen LogP contribution in [-0.4, -0.2) is 25.1 Å². The fraction of sp³-hybridized carbons (Fsp3) is 0.125. The van der Waals surface area contributed by atoms with Gasteiger partial charge in [-0.25, -0.2) is 5.43 Å². The molecule has 0 aliphatic carbocycles. The Morgan fingerprint density at radius 2 is 1.71 bits per heavy atom. The van der Waals surface area contributed by atoms with Crippen LogP contribution in [0.4, 0.5) is 0 Å². The average molecular weight is 436 g/mol. The Morgan fingerprint density at radius 1 is 1.03 bits per heavy atom. The van der Waals surface area contributed by atoms with Crippen LogP contribution in [0.3, 0.4) is 0 Å². The van der Waals surface area contributed by atoms with E-state index in [0.29, 0.717) is 21.9 Å². The molecule has 0 fully saturated rings. The van der Waals surface area contributed by atoms with Gasteiger partial charge in [-0.15, -0.1) is 0 Å². The molecule has 6 nitrogen and oxygen atoms in total. The highest BCUT2D eigenvalue weighted by Crippen LogP contribution is 2.21. The Bertz CT molecular complexity index is 1060. The minimum Gasteiger partial charge on any atom is -0.496 e. The van der Waals surface area contributed by atoms with Crippen LogP contribution in [0.1, 0.15) is 33.9 Å². The van der Waals surface area contributed by atoms with Gasteiger partial charge in [0.1, 0.15) is 5.75 Å². The first-order valence-electron chi connectivity index (χ1n) is 9.63. The highest BCUT2D eigenvalue weighted by atomic mass is 35.5. The molecule has 2 N–H and O–H groups in total. The maximum absolute atomic E-state index is 12.6. The lowest BCUT2D eigenvalue weighted by molar-refractivity contribution is -0.121. The van der Waals surface area contributed by atoms with Crippen LogP contribution in [0.25, 0.3) is 0 Å². The van der Waals surface area contributed by atoms with Crippen LogP contribution in [0.2, 0.25) is 5.02 Å². The molecule has 2 amide bonds. The van der Waals surface area contributed by atoms with Crippen LogP contribution >= 0.6 is 11.6 Å². The number of carbonyl (C=O) groups excluding carboxylic acids is 2. The van der Waals surface area contributed by atoms with Crippen molar-refractivity contribution in [2.24, 2.45) is 5.10 Å². The monoisotopic (exact) mass is 435 g/mol. The molecule has 3 rings (SSSR count). The van der Waals surface area contributed by atoms with E-state index in [2.05, 4.69) is 15.8 Å². The van der Waals surface area contributed by atoms with Gasteiger partial charge in [0, 0.05) is 16.1 Å². The molecule has 1 atom stereocenters. The summed E-state index contributed by atoms with van der Waals surface area (Å²) in [6, 6.07) is 22.8. The van der Waals surface area contributed by atoms with Crippen molar-refractivity contribution >= 4 is 29.6 Å². The number of ether oxygens (including phenoxy) is 1. The molecule has 31 heavy (non-hydrogen) atoms. The summed E-state index contributed by atoms with van der Waals surface area (Å²) in [6.45, 7) is 0. The topological polar surface area (TPSA) is 79.8 Å². The summed E-state index contributed by atoms with van der Waals surface area (Å²) in [5.41, 5.74) is 4.47. The molecule has 0 heterocycles. The van der Waals surface area contributed by atoms with E-state index in [-0.39, 0.29) is 18.2 Å². The predicted molar refractivity (Wildman–Crippen MR) is 121 cm³/mol. The van der Waals surface area contributed by atoms with E-state index in [4.69, 9.17) is 16.3 Å². The number of halogens is 1. The Hall–Kier alpha value is -3.64. The summed E-state index contributed by atoms with van der Waals surface area (Å²) >= 11 is 6.01. The summed E-state index contributed by atoms with van der Waals surface area (Å²) in [5, 5.41) is 7.45. The molecule has 158 valence electrons. The van der Waals surface area contributed by atoms with Crippen LogP contribution in [0.5, 0.6) is 5.75 Å². The molecule has 0 spiro atoms. The zero-order chi connectivity index (χ0) is 22.1. The number of hydrogen-bond acceptors (Lipinski definition) is 4. The van der Waals surface area contributed by atoms with E-state index in [1.807, 2.05) is 36.4 Å². The molecule has 3 aromatic rings. The van der Waals surface area contributed by atoms with E-state index in [9.17, 15) is 9.59 Å². The number of nitrogens with one attached hydrogen (secondary N) is 2. The van der Waals surface area contributed by atoms with E-state index >= 15 is 0 Å². The highest BCUT2D eigenvalue weighted by molar-refractivity contribution is 6.30. The number of amides is 2. The van der Waals surface area contributed by atoms with E-state index in [1.165, 1.54) is 6.21 Å². The van der Waals surface area contributed by atoms with Crippen molar-refractivity contribution in [1.82, 2.24) is 10.7 Å². The first kappa shape index (κ1) is 22.1. The number of benzene rings is 3. The number of nitrogens with zero attached hydrogens (tertiary/aromatic N) is 1. The Balaban J connectivity index is 1.69. The Labute approximate surface area is 185 Å². The van der Waals surface area contributed by atoms with Crippen molar-refractivity contribution in [2.45, 2.75) is 12.5 Å². The SMILES string of the molecule is COc1ccc(Cl)cc1/C=N\NC(=O)C[C@@H](NC(=O)c1ccccc1)c1ccccc1. The van der Waals surface area contributed by atoms with Crippen molar-refractivity contribution in [3.8, 4) is 5.75 Å². The standard InChI is InChI=1S/C24H22ClN3O3/c1-31-22-13-12-20(25)14-19(22)16-26-28-23(29)15-21(17-8-4-2-5-9-17)27-24(30)18-10-6-3-7-11-18/h2-14,16,21H,15H2,1H3,(H,27,30)(H,28,29)/b26-16-/t21-/m1/s1. The largest absolute Gasteiger partial charge is 0.496 e. The van der Waals surface area contributed by atoms with E-state index in [0.717, 1.165) is 5.56 Å². The quantitative estimate of drug-likeness (QED) is 0.407. The van der Waals surface area contributed by atoms with Crippen LogP contribution < -0.4 is 15.5 Å². The summed E-state index contributed by atoms with van der Waals surface area (Å²) < 4.78 is 5.26. The van der Waals surface area contributed by atoms with Crippen molar-refractivity contribution in [3.05, 3.63) is 101 Å². The van der Waals surface area contributed by atoms with Crippen molar-refractivity contribution in [2.75, 3.05) is 7.11 Å². The summed E-state index contributed by atoms with van der Waals surface area (Å²) in [7, 11) is 1.54. The minimum atomic E-state index is -0.509. The molecule has 7 heteroatoms. The molecule has 0 saturated heterocycles. The molecule has 0 aliphatic heterocycles. The van der Waals surface area contributed by atoms with Crippen molar-refractivity contribution < 1.29 is 14.3 Å². The highest BCUT2D eigenvalue weighted by Gasteiger charge is 2.19. The fourth-order valence-corrected chi connectivity index (χ4v) is 3.16. The van der Waals surface area contributed by atoms with Gasteiger partial charge < -0.3 is 10.1 Å². The van der Waals surface area contributed by atoms with Gasteiger partial charge in [0.05, 0.1) is 25.8 Å². The van der Waals surface area contributed by atoms with Gasteiger partial charge in [-0.1, -0.05) is 60.1 Å². The van der Waals surface area contributed by atoms with Gasteiger partial charge in [-0.2, -0.15) is 5.10 Å². The van der Waals surface area contributed by atoms with Gasteiger partial charge in [0.25, 0.3) is 5.91 Å². The van der Waals surface area contributed by atoms with Gasteiger partial charge in [-0.3, -0.25) is 9.59 Å². The van der Waals surface area contributed by atoms with E-state index in [1.54, 1.807) is 49.6 Å². The lowest BCUT2D eigenvalue weighted by atomic mass is 10.0. The molecule has 0 aromatic heterocycles. The maximum Gasteiger partial charge on any atom is 0.251 e. The van der Waals surface area contributed by atoms with E-state index < -0.39 is 6.04 Å². The number of methoxy groups -OCH3 is 1. The summed E-state index contributed by atoms with van der Waals surface area (Å²) in [4.78, 5) is 25.1.